The average molecular weight is 553 g/mol. The highest BCUT2D eigenvalue weighted by molar-refractivity contribution is 5.93. The van der Waals surface area contributed by atoms with Crippen molar-refractivity contribution in [1.82, 2.24) is 0 Å². The molecule has 2 aliphatic carbocycles. The molecule has 0 aliphatic heterocycles. The largest absolute Gasteiger partial charge is 0.496 e. The molecule has 5 unspecified atom stereocenters. The van der Waals surface area contributed by atoms with E-state index in [2.05, 4.69) is 51.1 Å². The molecule has 1 fully saturated rings. The van der Waals surface area contributed by atoms with Crippen LogP contribution in [0.25, 0.3) is 0 Å². The number of ether oxygens (including phenoxy) is 4. The number of para-hydroxylation sites is 2. The molecule has 1 saturated carbocycles. The maximum absolute atomic E-state index is 13.8. The van der Waals surface area contributed by atoms with E-state index in [-0.39, 0.29) is 17.8 Å². The second kappa shape index (κ2) is 11.7. The van der Waals surface area contributed by atoms with Crippen LogP contribution in [-0.2, 0) is 9.47 Å². The van der Waals surface area contributed by atoms with Crippen LogP contribution < -0.4 is 9.47 Å². The topological polar surface area (TPSA) is 71.1 Å². The molecule has 6 heteroatoms. The number of methoxy groups -OCH3 is 2. The van der Waals surface area contributed by atoms with Crippen molar-refractivity contribution in [2.75, 3.05) is 14.2 Å². The van der Waals surface area contributed by atoms with Crippen molar-refractivity contribution in [3.63, 3.8) is 0 Å². The molecule has 6 nitrogen and oxygen atoms in total. The molecule has 3 aromatic carbocycles. The minimum Gasteiger partial charge on any atom is -0.496 e. The Morgan fingerprint density at radius 3 is 1.85 bits per heavy atom. The summed E-state index contributed by atoms with van der Waals surface area (Å²) in [6.07, 6.45) is 6.93. The van der Waals surface area contributed by atoms with Gasteiger partial charge < -0.3 is 18.9 Å². The second-order valence-corrected chi connectivity index (χ2v) is 11.0. The zero-order valence-electron chi connectivity index (χ0n) is 24.1. The number of carbonyl (C=O) groups is 2. The molecule has 212 valence electrons. The van der Waals surface area contributed by atoms with Crippen LogP contribution in [0.1, 0.15) is 51.6 Å². The predicted octanol–water partition coefficient (Wildman–Crippen LogP) is 6.95. The van der Waals surface area contributed by atoms with Gasteiger partial charge in [0.25, 0.3) is 0 Å². The Bertz CT molecular complexity index is 1490. The lowest BCUT2D eigenvalue weighted by Gasteiger charge is -2.55. The summed E-state index contributed by atoms with van der Waals surface area (Å²) in [6, 6.07) is 22.1. The van der Waals surface area contributed by atoms with E-state index >= 15 is 0 Å². The molecular weight excluding hydrogens is 516 g/mol. The summed E-state index contributed by atoms with van der Waals surface area (Å²) in [7, 11) is 3.04. The molecule has 0 radical (unpaired) electrons. The number of benzene rings is 3. The van der Waals surface area contributed by atoms with Gasteiger partial charge in [0.2, 0.25) is 0 Å². The van der Waals surface area contributed by atoms with E-state index in [0.29, 0.717) is 22.6 Å². The number of hydrogen-bond donors (Lipinski definition) is 0. The van der Waals surface area contributed by atoms with Crippen molar-refractivity contribution in [3.05, 3.63) is 119 Å². The molecule has 6 atom stereocenters. The predicted molar refractivity (Wildman–Crippen MR) is 157 cm³/mol. The first-order valence-electron chi connectivity index (χ1n) is 13.9. The summed E-state index contributed by atoms with van der Waals surface area (Å²) in [4.78, 5) is 27.5. The van der Waals surface area contributed by atoms with Crippen molar-refractivity contribution in [3.8, 4) is 11.5 Å². The SMILES string of the molecule is COc1ccccc1C(=O)OC1C(OC(=O)c2ccccc2OC)C(c2ccccc2C)C2(C)C=CC=C[C@@H]2C1C. The average Bonchev–Trinajstić information content (AvgIpc) is 2.99. The molecule has 0 bridgehead atoms. The number of allylic oxidation sites excluding steroid dienone is 4. The zero-order chi connectivity index (χ0) is 29.1. The normalized spacial score (nSPS) is 26.5. The Morgan fingerprint density at radius 2 is 1.27 bits per heavy atom. The van der Waals surface area contributed by atoms with Gasteiger partial charge in [-0.3, -0.25) is 0 Å². The Morgan fingerprint density at radius 1 is 0.732 bits per heavy atom. The van der Waals surface area contributed by atoms with E-state index < -0.39 is 29.6 Å². The monoisotopic (exact) mass is 552 g/mol. The molecule has 0 aromatic heterocycles. The molecule has 0 N–H and O–H groups in total. The Kier molecular flexibility index (Phi) is 8.02. The highest BCUT2D eigenvalue weighted by Gasteiger charge is 2.58. The van der Waals surface area contributed by atoms with E-state index in [1.54, 1.807) is 48.5 Å². The molecule has 0 spiro atoms. The van der Waals surface area contributed by atoms with Crippen LogP contribution in [0.5, 0.6) is 11.5 Å². The maximum Gasteiger partial charge on any atom is 0.342 e. The fourth-order valence-electron chi connectivity index (χ4n) is 6.62. The third-order valence-electron chi connectivity index (χ3n) is 8.67. The summed E-state index contributed by atoms with van der Waals surface area (Å²) in [5.74, 6) is -0.677. The molecule has 0 amide bonds. The van der Waals surface area contributed by atoms with Gasteiger partial charge in [-0.15, -0.1) is 0 Å². The van der Waals surface area contributed by atoms with Crippen molar-refractivity contribution in [2.24, 2.45) is 17.3 Å². The first-order chi connectivity index (χ1) is 19.8. The molecule has 2 aliphatic rings. The minimum atomic E-state index is -0.792. The van der Waals surface area contributed by atoms with Crippen molar-refractivity contribution in [1.29, 1.82) is 0 Å². The second-order valence-electron chi connectivity index (χ2n) is 11.0. The maximum atomic E-state index is 13.8. The Hall–Kier alpha value is -4.32. The smallest absolute Gasteiger partial charge is 0.342 e. The molecule has 41 heavy (non-hydrogen) atoms. The van der Waals surface area contributed by atoms with Crippen molar-refractivity contribution in [2.45, 2.75) is 38.9 Å². The van der Waals surface area contributed by atoms with E-state index in [9.17, 15) is 9.59 Å². The molecule has 5 rings (SSSR count). The van der Waals surface area contributed by atoms with Gasteiger partial charge in [0.1, 0.15) is 34.8 Å². The van der Waals surface area contributed by atoms with E-state index in [4.69, 9.17) is 18.9 Å². The Labute approximate surface area is 241 Å². The van der Waals surface area contributed by atoms with Crippen molar-refractivity contribution >= 4 is 11.9 Å². The van der Waals surface area contributed by atoms with Gasteiger partial charge in [-0.1, -0.05) is 86.7 Å². The van der Waals surface area contributed by atoms with Gasteiger partial charge in [-0.05, 0) is 48.2 Å². The molecule has 3 aromatic rings. The fraction of sp³-hybridized carbons (Fsp3) is 0.314. The number of carbonyl (C=O) groups excluding carboxylic acids is 2. The lowest BCUT2D eigenvalue weighted by Crippen LogP contribution is -2.57. The highest BCUT2D eigenvalue weighted by atomic mass is 16.6. The lowest BCUT2D eigenvalue weighted by molar-refractivity contribution is -0.119. The van der Waals surface area contributed by atoms with Crippen LogP contribution >= 0.6 is 0 Å². The summed E-state index contributed by atoms with van der Waals surface area (Å²) < 4.78 is 23.7. The van der Waals surface area contributed by atoms with Crippen LogP contribution in [0.3, 0.4) is 0 Å². The number of aryl methyl sites for hydroxylation is 1. The quantitative estimate of drug-likeness (QED) is 0.296. The van der Waals surface area contributed by atoms with Crippen molar-refractivity contribution < 1.29 is 28.5 Å². The molecular formula is C35H36O6. The number of fused-ring (bicyclic) bond motifs is 1. The van der Waals surface area contributed by atoms with Crippen LogP contribution in [0.2, 0.25) is 0 Å². The van der Waals surface area contributed by atoms with Crippen LogP contribution in [-0.4, -0.2) is 38.4 Å². The zero-order valence-corrected chi connectivity index (χ0v) is 24.1. The third kappa shape index (κ3) is 5.15. The summed E-state index contributed by atoms with van der Waals surface area (Å²) >= 11 is 0. The van der Waals surface area contributed by atoms with Crippen LogP contribution in [0.4, 0.5) is 0 Å². The number of rotatable bonds is 7. The first-order valence-corrected chi connectivity index (χ1v) is 13.9. The summed E-state index contributed by atoms with van der Waals surface area (Å²) in [5, 5.41) is 0. The summed E-state index contributed by atoms with van der Waals surface area (Å²) in [5.41, 5.74) is 2.33. The highest BCUT2D eigenvalue weighted by Crippen LogP contribution is 2.57. The number of esters is 2. The van der Waals surface area contributed by atoms with E-state index in [1.165, 1.54) is 14.2 Å². The van der Waals surface area contributed by atoms with Crippen LogP contribution in [0.15, 0.2) is 97.1 Å². The van der Waals surface area contributed by atoms with Gasteiger partial charge >= 0.3 is 11.9 Å². The minimum absolute atomic E-state index is 0.0220. The van der Waals surface area contributed by atoms with E-state index in [0.717, 1.165) is 11.1 Å². The summed E-state index contributed by atoms with van der Waals surface area (Å²) in [6.45, 7) is 6.32. The van der Waals surface area contributed by atoms with Gasteiger partial charge in [0.15, 0.2) is 0 Å². The van der Waals surface area contributed by atoms with Gasteiger partial charge in [-0.2, -0.15) is 0 Å². The van der Waals surface area contributed by atoms with Gasteiger partial charge in [0, 0.05) is 17.3 Å². The fourth-order valence-corrected chi connectivity index (χ4v) is 6.62. The van der Waals surface area contributed by atoms with Gasteiger partial charge in [-0.25, -0.2) is 9.59 Å². The van der Waals surface area contributed by atoms with E-state index in [1.807, 2.05) is 18.2 Å². The molecule has 0 saturated heterocycles. The Balaban J connectivity index is 1.64. The van der Waals surface area contributed by atoms with Crippen LogP contribution in [0, 0.1) is 24.2 Å². The molecule has 0 heterocycles. The standard InChI is InChI=1S/C35H36O6/c1-22-14-6-7-15-24(22)30-32(41-34(37)26-17-9-11-20-29(26)39-5)31(23(2)27-18-12-13-21-35(27,30)3)40-33(36)25-16-8-10-19-28(25)38-4/h6-21,23,27,30-32H,1-5H3/t23?,27-,30?,31?,32?,35?/m1/s1. The first kappa shape index (κ1) is 28.2. The lowest BCUT2D eigenvalue weighted by atomic mass is 9.52. The third-order valence-corrected chi connectivity index (χ3v) is 8.67. The number of hydrogen-bond acceptors (Lipinski definition) is 6. The van der Waals surface area contributed by atoms with Gasteiger partial charge in [0.05, 0.1) is 14.2 Å².